The van der Waals surface area contributed by atoms with E-state index in [0.717, 1.165) is 0 Å². The van der Waals surface area contributed by atoms with Crippen LogP contribution in [0.3, 0.4) is 0 Å². The molecule has 0 saturated heterocycles. The molecule has 2 atom stereocenters. The first-order chi connectivity index (χ1) is 7.09. The van der Waals surface area contributed by atoms with Crippen LogP contribution in [0.25, 0.3) is 0 Å². The third kappa shape index (κ3) is 5.64. The highest BCUT2D eigenvalue weighted by molar-refractivity contribution is 7.32. The molecule has 0 bridgehead atoms. The summed E-state index contributed by atoms with van der Waals surface area (Å²) in [6.07, 6.45) is 2.84. The third-order valence-corrected chi connectivity index (χ3v) is 2.51. The van der Waals surface area contributed by atoms with E-state index in [-0.39, 0.29) is 18.3 Å². The molecule has 1 fully saturated rings. The molecule has 0 aromatic carbocycles. The molecule has 15 heavy (non-hydrogen) atoms. The monoisotopic (exact) mass is 229 g/mol. The summed E-state index contributed by atoms with van der Waals surface area (Å²) in [6.45, 7) is 1.44. The highest BCUT2D eigenvalue weighted by Crippen LogP contribution is 2.27. The van der Waals surface area contributed by atoms with Crippen LogP contribution < -0.4 is 0 Å². The smallest absolute Gasteiger partial charge is 0.297 e. The molecule has 1 aliphatic rings. The molecule has 0 radical (unpaired) electrons. The van der Waals surface area contributed by atoms with Gasteiger partial charge in [-0.15, -0.1) is 15.3 Å². The Morgan fingerprint density at radius 3 is 2.87 bits per heavy atom. The van der Waals surface area contributed by atoms with E-state index in [9.17, 15) is 9.36 Å². The van der Waals surface area contributed by atoms with Gasteiger partial charge in [0.1, 0.15) is 0 Å². The average molecular weight is 229 g/mol. The Labute approximate surface area is 90.0 Å². The number of carbonyl (C=O) groups excluding carboxylic acids is 1. The first-order valence-corrected chi connectivity index (χ1v) is 6.02. The quantitative estimate of drug-likeness (QED) is 0.575. The van der Waals surface area contributed by atoms with E-state index < -0.39 is 8.25 Å². The molecule has 2 unspecified atom stereocenters. The van der Waals surface area contributed by atoms with Crippen LogP contribution in [-0.4, -0.2) is 17.3 Å². The third-order valence-electron chi connectivity index (χ3n) is 2.16. The average Bonchev–Trinajstić information content (AvgIpc) is 2.97. The van der Waals surface area contributed by atoms with Crippen molar-refractivity contribution >= 4 is 14.0 Å². The molecule has 5 heteroatoms. The van der Waals surface area contributed by atoms with Crippen molar-refractivity contribution in [1.82, 2.24) is 0 Å². The normalized spacial score (nSPS) is 17.6. The molecule has 0 aliphatic heterocycles. The van der Waals surface area contributed by atoms with E-state index in [1.807, 2.05) is 0 Å². The highest BCUT2D eigenvalue weighted by Gasteiger charge is 2.20. The maximum Gasteiger partial charge on any atom is 0.695 e. The Bertz CT molecular complexity index is 311. The minimum absolute atomic E-state index is 0.183. The number of hydrogen-bond donors (Lipinski definition) is 1. The van der Waals surface area contributed by atoms with Gasteiger partial charge in [-0.05, 0) is 12.8 Å². The lowest BCUT2D eigenvalue weighted by Crippen LogP contribution is -2.15. The van der Waals surface area contributed by atoms with Crippen LogP contribution in [0.4, 0.5) is 0 Å². The van der Waals surface area contributed by atoms with Crippen LogP contribution in [0.1, 0.15) is 26.2 Å². The molecule has 0 amide bonds. The zero-order chi connectivity index (χ0) is 11.3. The molecule has 82 valence electrons. The molecular weight excluding hydrogens is 215 g/mol. The molecular formula is C10H14O4P+. The second-order valence-corrected chi connectivity index (χ2v) is 4.41. The van der Waals surface area contributed by atoms with E-state index >= 15 is 0 Å². The number of ketones is 1. The Morgan fingerprint density at radius 1 is 1.67 bits per heavy atom. The Hall–Kier alpha value is -0.750. The van der Waals surface area contributed by atoms with E-state index in [1.165, 1.54) is 12.8 Å². The zero-order valence-electron chi connectivity index (χ0n) is 8.60. The van der Waals surface area contributed by atoms with Crippen LogP contribution in [0.5, 0.6) is 0 Å². The predicted molar refractivity (Wildman–Crippen MR) is 55.1 cm³/mol. The van der Waals surface area contributed by atoms with Gasteiger partial charge in [0.2, 0.25) is 0 Å². The van der Waals surface area contributed by atoms with Crippen LogP contribution in [-0.2, 0) is 13.9 Å². The van der Waals surface area contributed by atoms with Gasteiger partial charge >= 0.3 is 8.25 Å². The number of Topliss-reactive ketones (excluding diaryl/α,β-unsaturated/α-hetero) is 1. The summed E-state index contributed by atoms with van der Waals surface area (Å²) in [4.78, 5) is 19.7. The van der Waals surface area contributed by atoms with Crippen molar-refractivity contribution in [1.29, 1.82) is 0 Å². The lowest BCUT2D eigenvalue weighted by molar-refractivity contribution is -0.124. The molecule has 1 aliphatic carbocycles. The van der Waals surface area contributed by atoms with Gasteiger partial charge in [0.05, 0.1) is 0 Å². The molecule has 1 saturated carbocycles. The van der Waals surface area contributed by atoms with E-state index in [1.54, 1.807) is 6.92 Å². The predicted octanol–water partition coefficient (Wildman–Crippen LogP) is 1.66. The van der Waals surface area contributed by atoms with Crippen molar-refractivity contribution in [3.63, 3.8) is 0 Å². The lowest BCUT2D eigenvalue weighted by Gasteiger charge is -2.01. The summed E-state index contributed by atoms with van der Waals surface area (Å²) in [5.41, 5.74) is 0. The van der Waals surface area contributed by atoms with Gasteiger partial charge in [-0.25, -0.2) is 0 Å². The Morgan fingerprint density at radius 2 is 2.33 bits per heavy atom. The first kappa shape index (κ1) is 12.3. The summed E-state index contributed by atoms with van der Waals surface area (Å²) in [5, 5.41) is 0. The maximum absolute atomic E-state index is 11.3. The zero-order valence-corrected chi connectivity index (χ0v) is 9.50. The van der Waals surface area contributed by atoms with Gasteiger partial charge in [-0.3, -0.25) is 4.79 Å². The number of hydrogen-bond acceptors (Lipinski definition) is 3. The number of carbonyl (C=O) groups is 1. The lowest BCUT2D eigenvalue weighted by atomic mass is 10.0. The van der Waals surface area contributed by atoms with Crippen molar-refractivity contribution in [3.05, 3.63) is 0 Å². The van der Waals surface area contributed by atoms with Gasteiger partial charge in [-0.2, -0.15) is 0 Å². The SMILES string of the molecule is CC(CC#CC1CC1)C(=O)CO[P+](=O)O. The Kier molecular flexibility index (Phi) is 4.90. The fraction of sp³-hybridized carbons (Fsp3) is 0.700. The molecule has 4 nitrogen and oxygen atoms in total. The minimum Gasteiger partial charge on any atom is -0.297 e. The summed E-state index contributed by atoms with van der Waals surface area (Å²) >= 11 is 0. The van der Waals surface area contributed by atoms with Crippen LogP contribution in [0.2, 0.25) is 0 Å². The fourth-order valence-electron chi connectivity index (χ4n) is 0.959. The summed E-state index contributed by atoms with van der Waals surface area (Å²) in [6, 6.07) is 0. The van der Waals surface area contributed by atoms with Crippen molar-refractivity contribution in [2.45, 2.75) is 26.2 Å². The van der Waals surface area contributed by atoms with E-state index in [2.05, 4.69) is 16.4 Å². The molecule has 1 rings (SSSR count). The van der Waals surface area contributed by atoms with Crippen LogP contribution in [0, 0.1) is 23.7 Å². The fourth-order valence-corrected chi connectivity index (χ4v) is 1.20. The van der Waals surface area contributed by atoms with Crippen LogP contribution in [0.15, 0.2) is 0 Å². The largest absolute Gasteiger partial charge is 0.695 e. The topological polar surface area (TPSA) is 63.6 Å². The number of rotatable bonds is 5. The Balaban J connectivity index is 2.20. The second-order valence-electron chi connectivity index (χ2n) is 3.68. The van der Waals surface area contributed by atoms with Crippen molar-refractivity contribution < 1.29 is 18.8 Å². The summed E-state index contributed by atoms with van der Waals surface area (Å²) in [5.74, 6) is 6.14. The van der Waals surface area contributed by atoms with Crippen molar-refractivity contribution in [3.8, 4) is 11.8 Å². The molecule has 0 spiro atoms. The van der Waals surface area contributed by atoms with Crippen molar-refractivity contribution in [2.24, 2.45) is 11.8 Å². The minimum atomic E-state index is -2.68. The van der Waals surface area contributed by atoms with Gasteiger partial charge in [-0.1, -0.05) is 12.8 Å². The summed E-state index contributed by atoms with van der Waals surface area (Å²) < 4.78 is 14.5. The molecule has 0 aromatic heterocycles. The van der Waals surface area contributed by atoms with E-state index in [0.29, 0.717) is 12.3 Å². The highest BCUT2D eigenvalue weighted by atomic mass is 31.1. The van der Waals surface area contributed by atoms with Crippen molar-refractivity contribution in [2.75, 3.05) is 6.61 Å². The van der Waals surface area contributed by atoms with Gasteiger partial charge in [0.25, 0.3) is 0 Å². The first-order valence-electron chi connectivity index (χ1n) is 4.89. The maximum atomic E-state index is 11.3. The van der Waals surface area contributed by atoms with Gasteiger partial charge in [0, 0.05) is 22.8 Å². The standard InChI is InChI=1S/C10H13O4P/c1-8(3-2-4-9-5-6-9)10(11)7-14-15(12)13/h8-9H,3,5-7H2,1H3/p+1. The molecule has 1 N–H and O–H groups in total. The summed E-state index contributed by atoms with van der Waals surface area (Å²) in [7, 11) is -2.68. The van der Waals surface area contributed by atoms with Gasteiger partial charge in [0.15, 0.2) is 12.4 Å². The van der Waals surface area contributed by atoms with Crippen LogP contribution >= 0.6 is 8.25 Å². The van der Waals surface area contributed by atoms with Gasteiger partial charge < -0.3 is 0 Å². The molecule has 0 heterocycles. The molecule has 0 aromatic rings. The van der Waals surface area contributed by atoms with E-state index in [4.69, 9.17) is 4.89 Å². The second kappa shape index (κ2) is 5.97.